The summed E-state index contributed by atoms with van der Waals surface area (Å²) in [6, 6.07) is 10.8. The molecule has 3 aliphatic carbocycles. The number of amides is 1. The van der Waals surface area contributed by atoms with Crippen LogP contribution in [0.25, 0.3) is 0 Å². The molecule has 12 heteroatoms. The van der Waals surface area contributed by atoms with Gasteiger partial charge in [0, 0.05) is 28.2 Å². The highest BCUT2D eigenvalue weighted by molar-refractivity contribution is 6.32. The molecule has 0 unspecified atom stereocenters. The van der Waals surface area contributed by atoms with Crippen LogP contribution in [0.2, 0.25) is 10.0 Å². The second kappa shape index (κ2) is 13.9. The number of methoxy groups -OCH3 is 1. The topological polar surface area (TPSA) is 89.0 Å². The minimum absolute atomic E-state index is 0.00664. The van der Waals surface area contributed by atoms with Crippen molar-refractivity contribution in [3.63, 3.8) is 0 Å². The molecule has 1 saturated carbocycles. The van der Waals surface area contributed by atoms with Crippen LogP contribution in [0, 0.1) is 11.8 Å². The highest BCUT2D eigenvalue weighted by Crippen LogP contribution is 2.58. The Labute approximate surface area is 300 Å². The van der Waals surface area contributed by atoms with Crippen molar-refractivity contribution in [2.75, 3.05) is 18.6 Å². The second-order valence-corrected chi connectivity index (χ2v) is 15.1. The van der Waals surface area contributed by atoms with Gasteiger partial charge >= 0.3 is 18.1 Å². The Kier molecular flexibility index (Phi) is 10.1. The molecular formula is C38H41Cl2F3N2O5. The number of ether oxygens (including phenoxy) is 2. The number of esters is 1. The van der Waals surface area contributed by atoms with E-state index in [1.54, 1.807) is 18.3 Å². The van der Waals surface area contributed by atoms with Crippen LogP contribution in [-0.4, -0.2) is 47.4 Å². The van der Waals surface area contributed by atoms with Crippen LogP contribution in [0.5, 0.6) is 11.5 Å². The summed E-state index contributed by atoms with van der Waals surface area (Å²) in [7, 11) is 1.11. The Morgan fingerprint density at radius 3 is 2.54 bits per heavy atom. The third-order valence-corrected chi connectivity index (χ3v) is 11.8. The summed E-state index contributed by atoms with van der Waals surface area (Å²) in [5.74, 6) is -1.91. The number of alkyl halides is 3. The molecule has 0 aliphatic heterocycles. The van der Waals surface area contributed by atoms with E-state index in [-0.39, 0.29) is 59.0 Å². The molecule has 0 saturated heterocycles. The number of phenolic OH excluding ortho intramolecular Hbond substituents is 1. The molecule has 2 aromatic carbocycles. The summed E-state index contributed by atoms with van der Waals surface area (Å²) in [6.45, 7) is 4.76. The number of fused-ring (bicyclic) bond motifs is 3. The molecule has 268 valence electrons. The molecule has 1 N–H and O–H groups in total. The average molecular weight is 734 g/mol. The van der Waals surface area contributed by atoms with Crippen LogP contribution in [0.4, 0.5) is 18.9 Å². The molecule has 3 atom stereocenters. The number of aryl methyl sites for hydroxylation is 1. The van der Waals surface area contributed by atoms with Gasteiger partial charge in [0.15, 0.2) is 0 Å². The Balaban J connectivity index is 1.32. The van der Waals surface area contributed by atoms with Crippen molar-refractivity contribution in [3.8, 4) is 11.5 Å². The quantitative estimate of drug-likeness (QED) is 0.233. The zero-order valence-corrected chi connectivity index (χ0v) is 29.8. The minimum atomic E-state index is -5.27. The van der Waals surface area contributed by atoms with Crippen LogP contribution < -0.4 is 9.64 Å². The number of benzene rings is 2. The Bertz CT molecular complexity index is 1780. The number of aromatic nitrogens is 1. The molecule has 1 aromatic heterocycles. The highest BCUT2D eigenvalue weighted by Gasteiger charge is 2.60. The molecule has 1 heterocycles. The summed E-state index contributed by atoms with van der Waals surface area (Å²) in [5, 5.41) is 11.1. The molecule has 6 rings (SSSR count). The fraction of sp³-hybridized carbons (Fsp3) is 0.500. The Hall–Kier alpha value is -3.50. The number of carbonyl (C=O) groups is 2. The van der Waals surface area contributed by atoms with Crippen LogP contribution >= 0.6 is 23.2 Å². The molecule has 0 radical (unpaired) electrons. The van der Waals surface area contributed by atoms with Crippen molar-refractivity contribution in [2.45, 2.75) is 94.7 Å². The average Bonchev–Trinajstić information content (AvgIpc) is 3.34. The van der Waals surface area contributed by atoms with Gasteiger partial charge in [0.1, 0.15) is 17.0 Å². The van der Waals surface area contributed by atoms with E-state index in [1.807, 2.05) is 6.07 Å². The third kappa shape index (κ3) is 6.54. The number of hydrogen-bond acceptors (Lipinski definition) is 6. The summed E-state index contributed by atoms with van der Waals surface area (Å²) in [5.41, 5.74) is 1.36. The van der Waals surface area contributed by atoms with Crippen molar-refractivity contribution in [1.29, 1.82) is 0 Å². The smallest absolute Gasteiger partial charge is 0.471 e. The fourth-order valence-electron chi connectivity index (χ4n) is 8.88. The van der Waals surface area contributed by atoms with E-state index in [1.165, 1.54) is 29.8 Å². The molecule has 1 amide bonds. The van der Waals surface area contributed by atoms with E-state index in [2.05, 4.69) is 18.8 Å². The first-order valence-corrected chi connectivity index (χ1v) is 17.8. The van der Waals surface area contributed by atoms with Crippen LogP contribution in [-0.2, 0) is 32.6 Å². The first-order valence-electron chi connectivity index (χ1n) is 17.1. The minimum Gasteiger partial charge on any atom is -0.506 e. The maximum absolute atomic E-state index is 14.2. The third-order valence-electron chi connectivity index (χ3n) is 11.2. The van der Waals surface area contributed by atoms with Crippen molar-refractivity contribution in [1.82, 2.24) is 4.98 Å². The van der Waals surface area contributed by atoms with Gasteiger partial charge in [-0.05, 0) is 128 Å². The van der Waals surface area contributed by atoms with Crippen LogP contribution in [0.1, 0.15) is 87.1 Å². The van der Waals surface area contributed by atoms with Gasteiger partial charge in [-0.1, -0.05) is 43.1 Å². The van der Waals surface area contributed by atoms with Gasteiger partial charge in [0.05, 0.1) is 18.7 Å². The van der Waals surface area contributed by atoms with Gasteiger partial charge in [0.2, 0.25) is 0 Å². The lowest BCUT2D eigenvalue weighted by molar-refractivity contribution is -0.174. The van der Waals surface area contributed by atoms with Crippen LogP contribution in [0.3, 0.4) is 0 Å². The van der Waals surface area contributed by atoms with E-state index in [4.69, 9.17) is 32.7 Å². The lowest BCUT2D eigenvalue weighted by Gasteiger charge is -2.51. The van der Waals surface area contributed by atoms with Crippen molar-refractivity contribution >= 4 is 40.8 Å². The summed E-state index contributed by atoms with van der Waals surface area (Å²) in [4.78, 5) is 32.0. The SMILES string of the molecule is COC(=O)C1(N(C(=O)C(F)(F)F)c2cccc(Cl)c2)CCC2(CC1)c1cc(O)c(Cl)cc1C[C@@H]2C[C@@H](C)COc1ccnc2c1[C@H](C)CCC2. The molecule has 1 fully saturated rings. The highest BCUT2D eigenvalue weighted by atomic mass is 35.5. The molecule has 3 aliphatic rings. The van der Waals surface area contributed by atoms with Gasteiger partial charge in [-0.3, -0.25) is 14.7 Å². The van der Waals surface area contributed by atoms with Crippen LogP contribution in [0.15, 0.2) is 48.7 Å². The van der Waals surface area contributed by atoms with Crippen molar-refractivity contribution in [2.24, 2.45) is 11.8 Å². The summed E-state index contributed by atoms with van der Waals surface area (Å²) >= 11 is 12.5. The number of rotatable bonds is 8. The standard InChI is InChI=1S/C38H41Cl2F3N2O5/c1-22(21-50-32-10-15-44-30-9-4-6-23(2)33(30)32)16-25-17-24-18-29(40)31(46)20-28(24)36(25)11-13-37(14-12-36,35(48)49-3)45(34(47)38(41,42)43)27-8-5-7-26(39)19-27/h5,7-8,10,15,18-20,22-23,25,46H,4,6,9,11-14,16-17,21H2,1-3H3/t22-,23-,25+,36?,37?/m1/s1. The molecule has 7 nitrogen and oxygen atoms in total. The van der Waals surface area contributed by atoms with Gasteiger partial charge in [-0.15, -0.1) is 0 Å². The lowest BCUT2D eigenvalue weighted by atomic mass is 9.59. The molecule has 0 bridgehead atoms. The zero-order valence-electron chi connectivity index (χ0n) is 28.3. The normalized spacial score (nSPS) is 25.0. The van der Waals surface area contributed by atoms with E-state index in [9.17, 15) is 27.9 Å². The molecular weight excluding hydrogens is 692 g/mol. The number of hydrogen-bond donors (Lipinski definition) is 1. The number of nitrogens with zero attached hydrogens (tertiary/aromatic N) is 2. The van der Waals surface area contributed by atoms with Gasteiger partial charge in [0.25, 0.3) is 0 Å². The number of halogens is 5. The summed E-state index contributed by atoms with van der Waals surface area (Å²) in [6.07, 6.45) is 1.26. The predicted octanol–water partition coefficient (Wildman–Crippen LogP) is 9.13. The molecule has 3 aromatic rings. The monoisotopic (exact) mass is 732 g/mol. The van der Waals surface area contributed by atoms with Gasteiger partial charge < -0.3 is 14.6 Å². The number of phenols is 1. The molecule has 50 heavy (non-hydrogen) atoms. The van der Waals surface area contributed by atoms with E-state index < -0.39 is 29.0 Å². The number of pyridine rings is 1. The largest absolute Gasteiger partial charge is 0.506 e. The summed E-state index contributed by atoms with van der Waals surface area (Å²) < 4.78 is 54.3. The van der Waals surface area contributed by atoms with Crippen molar-refractivity contribution in [3.05, 3.63) is 81.1 Å². The number of aromatic hydroxyl groups is 1. The lowest BCUT2D eigenvalue weighted by Crippen LogP contribution is -2.63. The van der Waals surface area contributed by atoms with E-state index in [0.717, 1.165) is 48.9 Å². The van der Waals surface area contributed by atoms with Gasteiger partial charge in [-0.25, -0.2) is 4.79 Å². The van der Waals surface area contributed by atoms with E-state index in [0.29, 0.717) is 30.3 Å². The number of anilines is 1. The first kappa shape index (κ1) is 36.3. The second-order valence-electron chi connectivity index (χ2n) is 14.3. The zero-order chi connectivity index (χ0) is 36.0. The van der Waals surface area contributed by atoms with Gasteiger partial charge in [-0.2, -0.15) is 13.2 Å². The fourth-order valence-corrected chi connectivity index (χ4v) is 9.25. The maximum atomic E-state index is 14.2. The Morgan fingerprint density at radius 2 is 1.86 bits per heavy atom. The predicted molar refractivity (Wildman–Crippen MR) is 185 cm³/mol. The van der Waals surface area contributed by atoms with Crippen molar-refractivity contribution < 1.29 is 37.3 Å². The Morgan fingerprint density at radius 1 is 1.12 bits per heavy atom. The first-order chi connectivity index (χ1) is 23.7. The van der Waals surface area contributed by atoms with E-state index >= 15 is 0 Å². The molecule has 1 spiro atoms. The number of carbonyl (C=O) groups excluding carboxylic acids is 2. The maximum Gasteiger partial charge on any atom is 0.471 e.